The molecule has 0 bridgehead atoms. The molecular formula is C28H32N2O7. The van der Waals surface area contributed by atoms with Gasteiger partial charge in [0.05, 0.1) is 40.4 Å². The minimum absolute atomic E-state index is 0.0204. The van der Waals surface area contributed by atoms with Gasteiger partial charge in [0.25, 0.3) is 5.91 Å². The lowest BCUT2D eigenvalue weighted by atomic mass is 10.00. The average Bonchev–Trinajstić information content (AvgIpc) is 3.65. The standard InChI is InChI=1S/C28H32N2O7/c1-33-20-15-19(16-21(17-20)34-2)30(28(32)24-13-8-14-37-24)25(27(31)29-18-9-5-6-10-18)22-11-7-12-23(35-3)26(22)36-4/h7-8,11-18,25H,5-6,9-10H2,1-4H3,(H,29,31)/t25-/m1/s1. The van der Waals surface area contributed by atoms with Gasteiger partial charge in [0.2, 0.25) is 5.91 Å². The zero-order chi connectivity index (χ0) is 26.4. The lowest BCUT2D eigenvalue weighted by Gasteiger charge is -2.33. The molecule has 2 amide bonds. The van der Waals surface area contributed by atoms with Gasteiger partial charge in [0.1, 0.15) is 17.5 Å². The molecule has 1 heterocycles. The van der Waals surface area contributed by atoms with Crippen LogP contribution in [0.1, 0.15) is 47.8 Å². The van der Waals surface area contributed by atoms with Gasteiger partial charge in [-0.3, -0.25) is 14.5 Å². The first-order valence-corrected chi connectivity index (χ1v) is 12.1. The lowest BCUT2D eigenvalue weighted by Crippen LogP contribution is -2.46. The largest absolute Gasteiger partial charge is 0.497 e. The SMILES string of the molecule is COc1cc(OC)cc(N(C(=O)c2ccco2)[C@@H](C(=O)NC2CCCC2)c2cccc(OC)c2OC)c1. The molecule has 1 fully saturated rings. The van der Waals surface area contributed by atoms with Crippen molar-refractivity contribution < 1.29 is 33.0 Å². The van der Waals surface area contributed by atoms with Crippen LogP contribution in [0.15, 0.2) is 59.2 Å². The molecule has 0 unspecified atom stereocenters. The van der Waals surface area contributed by atoms with Crippen LogP contribution in [-0.4, -0.2) is 46.3 Å². The molecule has 1 aromatic heterocycles. The number of hydrogen-bond donors (Lipinski definition) is 1. The molecule has 0 aliphatic heterocycles. The first-order chi connectivity index (χ1) is 18.0. The molecule has 4 rings (SSSR count). The quantitative estimate of drug-likeness (QED) is 0.421. The number of amides is 2. The van der Waals surface area contributed by atoms with Gasteiger partial charge in [-0.25, -0.2) is 0 Å². The molecule has 3 aromatic rings. The van der Waals surface area contributed by atoms with E-state index in [-0.39, 0.29) is 17.7 Å². The van der Waals surface area contributed by atoms with Crippen molar-refractivity contribution in [2.24, 2.45) is 0 Å². The zero-order valence-corrected chi connectivity index (χ0v) is 21.5. The fraction of sp³-hybridized carbons (Fsp3) is 0.357. The Morgan fingerprint density at radius 3 is 2.19 bits per heavy atom. The Labute approximate surface area is 216 Å². The molecule has 1 aliphatic rings. The van der Waals surface area contributed by atoms with Crippen molar-refractivity contribution in [3.8, 4) is 23.0 Å². The summed E-state index contributed by atoms with van der Waals surface area (Å²) in [6, 6.07) is 12.4. The number of hydrogen-bond acceptors (Lipinski definition) is 7. The Morgan fingerprint density at radius 2 is 1.62 bits per heavy atom. The second-order valence-electron chi connectivity index (χ2n) is 8.70. The summed E-state index contributed by atoms with van der Waals surface area (Å²) >= 11 is 0. The number of rotatable bonds is 10. The number of para-hydroxylation sites is 1. The molecule has 2 aromatic carbocycles. The van der Waals surface area contributed by atoms with Crippen molar-refractivity contribution in [3.63, 3.8) is 0 Å². The molecule has 1 saturated carbocycles. The van der Waals surface area contributed by atoms with Crippen molar-refractivity contribution in [1.82, 2.24) is 5.32 Å². The summed E-state index contributed by atoms with van der Waals surface area (Å²) in [7, 11) is 6.06. The van der Waals surface area contributed by atoms with E-state index in [1.165, 1.54) is 39.6 Å². The highest BCUT2D eigenvalue weighted by atomic mass is 16.5. The summed E-state index contributed by atoms with van der Waals surface area (Å²) in [5, 5.41) is 3.15. The Morgan fingerprint density at radius 1 is 0.919 bits per heavy atom. The summed E-state index contributed by atoms with van der Waals surface area (Å²) < 4.78 is 27.6. The van der Waals surface area contributed by atoms with Crippen LogP contribution in [0.4, 0.5) is 5.69 Å². The molecule has 37 heavy (non-hydrogen) atoms. The average molecular weight is 509 g/mol. The van der Waals surface area contributed by atoms with Crippen LogP contribution < -0.4 is 29.2 Å². The normalized spacial score (nSPS) is 14.1. The van der Waals surface area contributed by atoms with Crippen LogP contribution in [0, 0.1) is 0 Å². The lowest BCUT2D eigenvalue weighted by molar-refractivity contribution is -0.123. The fourth-order valence-electron chi connectivity index (χ4n) is 4.71. The van der Waals surface area contributed by atoms with E-state index in [4.69, 9.17) is 23.4 Å². The van der Waals surface area contributed by atoms with E-state index in [9.17, 15) is 9.59 Å². The van der Waals surface area contributed by atoms with Gasteiger partial charge in [-0.1, -0.05) is 25.0 Å². The van der Waals surface area contributed by atoms with Crippen LogP contribution in [0.25, 0.3) is 0 Å². The molecule has 0 spiro atoms. The predicted octanol–water partition coefficient (Wildman–Crippen LogP) is 4.76. The predicted molar refractivity (Wildman–Crippen MR) is 138 cm³/mol. The highest BCUT2D eigenvalue weighted by molar-refractivity contribution is 6.09. The van der Waals surface area contributed by atoms with Crippen molar-refractivity contribution >= 4 is 17.5 Å². The molecule has 9 heteroatoms. The number of furan rings is 1. The van der Waals surface area contributed by atoms with E-state index >= 15 is 0 Å². The zero-order valence-electron chi connectivity index (χ0n) is 21.5. The van der Waals surface area contributed by atoms with Crippen LogP contribution in [0.3, 0.4) is 0 Å². The van der Waals surface area contributed by atoms with Gasteiger partial charge in [0, 0.05) is 29.8 Å². The number of carbonyl (C=O) groups is 2. The van der Waals surface area contributed by atoms with Crippen LogP contribution in [0.2, 0.25) is 0 Å². The van der Waals surface area contributed by atoms with E-state index in [1.807, 2.05) is 0 Å². The van der Waals surface area contributed by atoms with Crippen molar-refractivity contribution in [2.75, 3.05) is 33.3 Å². The maximum atomic E-state index is 14.1. The summed E-state index contributed by atoms with van der Waals surface area (Å²) in [5.74, 6) is 0.911. The number of methoxy groups -OCH3 is 4. The molecule has 1 aliphatic carbocycles. The second kappa shape index (κ2) is 11.7. The Balaban J connectivity index is 1.94. The third-order valence-electron chi connectivity index (χ3n) is 6.50. The molecule has 196 valence electrons. The Kier molecular flexibility index (Phi) is 8.22. The highest BCUT2D eigenvalue weighted by Gasteiger charge is 2.38. The van der Waals surface area contributed by atoms with E-state index in [1.54, 1.807) is 48.5 Å². The van der Waals surface area contributed by atoms with E-state index in [0.29, 0.717) is 34.2 Å². The summed E-state index contributed by atoms with van der Waals surface area (Å²) in [6.07, 6.45) is 5.26. The number of anilines is 1. The summed E-state index contributed by atoms with van der Waals surface area (Å²) in [5.41, 5.74) is 0.841. The van der Waals surface area contributed by atoms with E-state index in [2.05, 4.69) is 5.32 Å². The van der Waals surface area contributed by atoms with Crippen molar-refractivity contribution in [1.29, 1.82) is 0 Å². The smallest absolute Gasteiger partial charge is 0.294 e. The van der Waals surface area contributed by atoms with Crippen LogP contribution >= 0.6 is 0 Å². The van der Waals surface area contributed by atoms with Gasteiger partial charge in [-0.2, -0.15) is 0 Å². The van der Waals surface area contributed by atoms with E-state index in [0.717, 1.165) is 25.7 Å². The fourth-order valence-corrected chi connectivity index (χ4v) is 4.71. The van der Waals surface area contributed by atoms with E-state index < -0.39 is 11.9 Å². The van der Waals surface area contributed by atoms with Gasteiger partial charge < -0.3 is 28.7 Å². The number of nitrogens with one attached hydrogen (secondary N) is 1. The van der Waals surface area contributed by atoms with Gasteiger partial charge in [0.15, 0.2) is 17.3 Å². The molecule has 0 saturated heterocycles. The van der Waals surface area contributed by atoms with Crippen LogP contribution in [0.5, 0.6) is 23.0 Å². The maximum Gasteiger partial charge on any atom is 0.294 e. The molecule has 0 radical (unpaired) electrons. The third kappa shape index (κ3) is 5.50. The molecule has 9 nitrogen and oxygen atoms in total. The number of ether oxygens (including phenoxy) is 4. The second-order valence-corrected chi connectivity index (χ2v) is 8.70. The van der Waals surface area contributed by atoms with Gasteiger partial charge >= 0.3 is 0 Å². The topological polar surface area (TPSA) is 99.5 Å². The monoisotopic (exact) mass is 508 g/mol. The number of nitrogens with zero attached hydrogens (tertiary/aromatic N) is 1. The van der Waals surface area contributed by atoms with Crippen molar-refractivity contribution in [2.45, 2.75) is 37.8 Å². The number of benzene rings is 2. The Hall–Kier alpha value is -4.14. The minimum Gasteiger partial charge on any atom is -0.497 e. The van der Waals surface area contributed by atoms with Crippen molar-refractivity contribution in [3.05, 3.63) is 66.1 Å². The first-order valence-electron chi connectivity index (χ1n) is 12.1. The van der Waals surface area contributed by atoms with Crippen LogP contribution in [-0.2, 0) is 4.79 Å². The van der Waals surface area contributed by atoms with Gasteiger partial charge in [-0.05, 0) is 31.0 Å². The van der Waals surface area contributed by atoms with Gasteiger partial charge in [-0.15, -0.1) is 0 Å². The molecule has 1 atom stereocenters. The minimum atomic E-state index is -1.12. The summed E-state index contributed by atoms with van der Waals surface area (Å²) in [6.45, 7) is 0. The molecule has 1 N–H and O–H groups in total. The maximum absolute atomic E-state index is 14.1. The molecular weight excluding hydrogens is 476 g/mol. The first kappa shape index (κ1) is 25.9. The highest BCUT2D eigenvalue weighted by Crippen LogP contribution is 2.41. The third-order valence-corrected chi connectivity index (χ3v) is 6.50. The Bertz CT molecular complexity index is 1200. The summed E-state index contributed by atoms with van der Waals surface area (Å²) in [4.78, 5) is 29.5. The number of carbonyl (C=O) groups excluding carboxylic acids is 2.